The number of hydrogen-bond donors (Lipinski definition) is 1. The van der Waals surface area contributed by atoms with Gasteiger partial charge in [0, 0.05) is 20.2 Å². The summed E-state index contributed by atoms with van der Waals surface area (Å²) in [5.74, 6) is -0.900. The van der Waals surface area contributed by atoms with E-state index in [1.165, 1.54) is 0 Å². The second kappa shape index (κ2) is 6.25. The van der Waals surface area contributed by atoms with Crippen molar-refractivity contribution >= 4 is 11.7 Å². The Morgan fingerprint density at radius 2 is 2.18 bits per heavy atom. The molecule has 4 nitrogen and oxygen atoms in total. The number of carboxylic acid groups (broad SMARTS) is 1. The highest BCUT2D eigenvalue weighted by molar-refractivity contribution is 5.94. The van der Waals surface area contributed by atoms with Crippen LogP contribution in [0.1, 0.15) is 22.8 Å². The van der Waals surface area contributed by atoms with Gasteiger partial charge >= 0.3 is 5.97 Å². The Labute approximate surface area is 102 Å². The monoisotopic (exact) mass is 237 g/mol. The summed E-state index contributed by atoms with van der Waals surface area (Å²) in [6, 6.07) is 5.34. The van der Waals surface area contributed by atoms with Crippen molar-refractivity contribution in [1.29, 1.82) is 0 Å². The molecule has 17 heavy (non-hydrogen) atoms. The normalized spacial score (nSPS) is 10.3. The molecule has 0 saturated carbocycles. The number of nitrogens with zero attached hydrogens (tertiary/aromatic N) is 1. The summed E-state index contributed by atoms with van der Waals surface area (Å²) in [5, 5.41) is 9.12. The molecule has 0 atom stereocenters. The largest absolute Gasteiger partial charge is 0.478 e. The molecule has 0 radical (unpaired) electrons. The molecule has 0 aliphatic carbocycles. The zero-order valence-corrected chi connectivity index (χ0v) is 10.6. The smallest absolute Gasteiger partial charge is 0.337 e. The van der Waals surface area contributed by atoms with Gasteiger partial charge in [-0.1, -0.05) is 6.07 Å². The van der Waals surface area contributed by atoms with Gasteiger partial charge in [0.2, 0.25) is 0 Å². The number of carboxylic acids is 1. The van der Waals surface area contributed by atoms with Crippen molar-refractivity contribution < 1.29 is 14.6 Å². The summed E-state index contributed by atoms with van der Waals surface area (Å²) in [6.45, 7) is 5.84. The van der Waals surface area contributed by atoms with Crippen LogP contribution in [0.4, 0.5) is 5.69 Å². The molecule has 0 bridgehead atoms. The van der Waals surface area contributed by atoms with Crippen LogP contribution in [0.25, 0.3) is 0 Å². The quantitative estimate of drug-likeness (QED) is 0.770. The Hall–Kier alpha value is -1.55. The standard InChI is InChI=1S/C13H19NO3/c1-4-17-8-7-14(3)12-9-10(2)5-6-11(12)13(15)16/h5-6,9H,4,7-8H2,1-3H3,(H,15,16). The van der Waals surface area contributed by atoms with Gasteiger partial charge in [-0.2, -0.15) is 0 Å². The van der Waals surface area contributed by atoms with Crippen LogP contribution in [0, 0.1) is 6.92 Å². The van der Waals surface area contributed by atoms with E-state index < -0.39 is 5.97 Å². The Bertz CT molecular complexity index is 390. The molecule has 1 rings (SSSR count). The molecule has 94 valence electrons. The molecule has 1 N–H and O–H groups in total. The SMILES string of the molecule is CCOCCN(C)c1cc(C)ccc1C(=O)O. The molecular weight excluding hydrogens is 218 g/mol. The van der Waals surface area contributed by atoms with Crippen molar-refractivity contribution in [3.63, 3.8) is 0 Å². The molecule has 0 unspecified atom stereocenters. The highest BCUT2D eigenvalue weighted by Gasteiger charge is 2.13. The van der Waals surface area contributed by atoms with Crippen molar-refractivity contribution in [3.05, 3.63) is 29.3 Å². The topological polar surface area (TPSA) is 49.8 Å². The number of aromatic carboxylic acids is 1. The first-order valence-corrected chi connectivity index (χ1v) is 5.69. The van der Waals surface area contributed by atoms with Gasteiger partial charge in [-0.25, -0.2) is 4.79 Å². The number of carbonyl (C=O) groups is 1. The van der Waals surface area contributed by atoms with Crippen molar-refractivity contribution in [1.82, 2.24) is 0 Å². The zero-order chi connectivity index (χ0) is 12.8. The molecule has 1 aromatic carbocycles. The second-order valence-corrected chi connectivity index (χ2v) is 3.94. The Morgan fingerprint density at radius 3 is 2.76 bits per heavy atom. The van der Waals surface area contributed by atoms with Crippen molar-refractivity contribution in [3.8, 4) is 0 Å². The minimum Gasteiger partial charge on any atom is -0.478 e. The third-order valence-electron chi connectivity index (χ3n) is 2.57. The summed E-state index contributed by atoms with van der Waals surface area (Å²) in [6.07, 6.45) is 0. The second-order valence-electron chi connectivity index (χ2n) is 3.94. The van der Waals surface area contributed by atoms with Crippen molar-refractivity contribution in [2.45, 2.75) is 13.8 Å². The molecule has 4 heteroatoms. The van der Waals surface area contributed by atoms with E-state index in [4.69, 9.17) is 9.84 Å². The summed E-state index contributed by atoms with van der Waals surface area (Å²) >= 11 is 0. The van der Waals surface area contributed by atoms with Crippen molar-refractivity contribution in [2.75, 3.05) is 31.7 Å². The third-order valence-corrected chi connectivity index (χ3v) is 2.57. The van der Waals surface area contributed by atoms with Gasteiger partial charge in [-0.3, -0.25) is 0 Å². The molecule has 0 saturated heterocycles. The Balaban J connectivity index is 2.86. The maximum absolute atomic E-state index is 11.1. The van der Waals surface area contributed by atoms with E-state index in [1.807, 2.05) is 37.9 Å². The maximum atomic E-state index is 11.1. The third kappa shape index (κ3) is 3.75. The molecule has 0 aromatic heterocycles. The minimum atomic E-state index is -0.900. The fourth-order valence-electron chi connectivity index (χ4n) is 1.60. The van der Waals surface area contributed by atoms with E-state index in [0.29, 0.717) is 25.3 Å². The van der Waals surface area contributed by atoms with Gasteiger partial charge in [0.15, 0.2) is 0 Å². The van der Waals surface area contributed by atoms with Crippen molar-refractivity contribution in [2.24, 2.45) is 0 Å². The molecule has 0 aliphatic rings. The number of rotatable bonds is 6. The van der Waals surface area contributed by atoms with E-state index in [2.05, 4.69) is 0 Å². The first-order valence-electron chi connectivity index (χ1n) is 5.69. The number of aryl methyl sites for hydroxylation is 1. The van der Waals surface area contributed by atoms with Gasteiger partial charge < -0.3 is 14.7 Å². The van der Waals surface area contributed by atoms with E-state index in [1.54, 1.807) is 6.07 Å². The number of benzene rings is 1. The van der Waals surface area contributed by atoms with Gasteiger partial charge in [0.1, 0.15) is 0 Å². The van der Waals surface area contributed by atoms with Crippen LogP contribution < -0.4 is 4.90 Å². The lowest BCUT2D eigenvalue weighted by molar-refractivity contribution is 0.0697. The minimum absolute atomic E-state index is 0.328. The van der Waals surface area contributed by atoms with Gasteiger partial charge in [-0.15, -0.1) is 0 Å². The maximum Gasteiger partial charge on any atom is 0.337 e. The molecule has 1 aromatic rings. The van der Waals surface area contributed by atoms with E-state index in [0.717, 1.165) is 11.3 Å². The van der Waals surface area contributed by atoms with Gasteiger partial charge in [-0.05, 0) is 31.5 Å². The summed E-state index contributed by atoms with van der Waals surface area (Å²) in [4.78, 5) is 13.0. The van der Waals surface area contributed by atoms with Gasteiger partial charge in [0.05, 0.1) is 17.9 Å². The fourth-order valence-corrected chi connectivity index (χ4v) is 1.60. The van der Waals surface area contributed by atoms with E-state index >= 15 is 0 Å². The highest BCUT2D eigenvalue weighted by atomic mass is 16.5. The first-order chi connectivity index (χ1) is 8.06. The lowest BCUT2D eigenvalue weighted by Crippen LogP contribution is -2.24. The molecule has 0 heterocycles. The number of likely N-dealkylation sites (N-methyl/N-ethyl adjacent to an activating group) is 1. The van der Waals surface area contributed by atoms with Crippen LogP contribution in [-0.4, -0.2) is 37.9 Å². The average molecular weight is 237 g/mol. The van der Waals surface area contributed by atoms with Crippen LogP contribution >= 0.6 is 0 Å². The number of hydrogen-bond acceptors (Lipinski definition) is 3. The number of anilines is 1. The summed E-state index contributed by atoms with van der Waals surface area (Å²) < 4.78 is 5.27. The number of ether oxygens (including phenoxy) is 1. The zero-order valence-electron chi connectivity index (χ0n) is 10.6. The summed E-state index contributed by atoms with van der Waals surface area (Å²) in [5.41, 5.74) is 2.11. The Morgan fingerprint density at radius 1 is 1.47 bits per heavy atom. The predicted molar refractivity (Wildman–Crippen MR) is 67.9 cm³/mol. The van der Waals surface area contributed by atoms with E-state index in [-0.39, 0.29) is 0 Å². The lowest BCUT2D eigenvalue weighted by Gasteiger charge is -2.21. The molecule has 0 aliphatic heterocycles. The van der Waals surface area contributed by atoms with Crippen LogP contribution in [0.5, 0.6) is 0 Å². The highest BCUT2D eigenvalue weighted by Crippen LogP contribution is 2.21. The molecular formula is C13H19NO3. The molecule has 0 spiro atoms. The summed E-state index contributed by atoms with van der Waals surface area (Å²) in [7, 11) is 1.88. The van der Waals surface area contributed by atoms with Crippen LogP contribution in [0.2, 0.25) is 0 Å². The molecule has 0 fully saturated rings. The molecule has 0 amide bonds. The van der Waals surface area contributed by atoms with Crippen LogP contribution in [-0.2, 0) is 4.74 Å². The van der Waals surface area contributed by atoms with Crippen LogP contribution in [0.3, 0.4) is 0 Å². The van der Waals surface area contributed by atoms with Gasteiger partial charge in [0.25, 0.3) is 0 Å². The van der Waals surface area contributed by atoms with Crippen LogP contribution in [0.15, 0.2) is 18.2 Å². The fraction of sp³-hybridized carbons (Fsp3) is 0.462. The average Bonchev–Trinajstić information content (AvgIpc) is 2.28. The Kier molecular flexibility index (Phi) is 4.97. The lowest BCUT2D eigenvalue weighted by atomic mass is 10.1. The predicted octanol–water partition coefficient (Wildman–Crippen LogP) is 2.17. The van der Waals surface area contributed by atoms with E-state index in [9.17, 15) is 4.79 Å². The first kappa shape index (κ1) is 13.5.